The van der Waals surface area contributed by atoms with E-state index in [0.29, 0.717) is 17.2 Å². The molecule has 2 unspecified atom stereocenters. The highest BCUT2D eigenvalue weighted by atomic mass is 127. The highest BCUT2D eigenvalue weighted by molar-refractivity contribution is 14.1. The molecule has 0 radical (unpaired) electrons. The Kier molecular flexibility index (Phi) is 4.47. The monoisotopic (exact) mass is 537 g/mol. The molecule has 3 aromatic carbocycles. The summed E-state index contributed by atoms with van der Waals surface area (Å²) in [5.41, 5.74) is 7.56. The van der Waals surface area contributed by atoms with E-state index in [2.05, 4.69) is 53.0 Å². The summed E-state index contributed by atoms with van der Waals surface area (Å²) in [6.45, 7) is 2.32. The molecule has 0 bridgehead atoms. The van der Waals surface area contributed by atoms with Gasteiger partial charge in [-0.2, -0.15) is 0 Å². The first-order chi connectivity index (χ1) is 15.6. The summed E-state index contributed by atoms with van der Waals surface area (Å²) in [5.74, 6) is 1.70. The predicted octanol–water partition coefficient (Wildman–Crippen LogP) is 5.68. The number of methoxy groups -OCH3 is 1. The van der Waals surface area contributed by atoms with E-state index in [9.17, 15) is 4.79 Å². The summed E-state index contributed by atoms with van der Waals surface area (Å²) >= 11 is 2.31. The van der Waals surface area contributed by atoms with Crippen molar-refractivity contribution in [2.24, 2.45) is 0 Å². The van der Waals surface area contributed by atoms with Crippen molar-refractivity contribution in [3.63, 3.8) is 0 Å². The van der Waals surface area contributed by atoms with Gasteiger partial charge in [0.05, 0.1) is 13.0 Å². The molecule has 5 nitrogen and oxygen atoms in total. The third-order valence-corrected chi connectivity index (χ3v) is 7.27. The van der Waals surface area contributed by atoms with E-state index in [4.69, 9.17) is 14.2 Å². The topological polar surface area (TPSA) is 56.8 Å². The van der Waals surface area contributed by atoms with E-state index in [1.54, 1.807) is 7.11 Å². The number of halogens is 1. The molecule has 2 aliphatic heterocycles. The Balaban J connectivity index is 1.56. The fourth-order valence-corrected chi connectivity index (χ4v) is 5.79. The number of fused-ring (bicyclic) bond motifs is 3. The van der Waals surface area contributed by atoms with Crippen molar-refractivity contribution >= 4 is 39.8 Å². The highest BCUT2D eigenvalue weighted by Crippen LogP contribution is 2.55. The maximum absolute atomic E-state index is 13.2. The second-order valence-electron chi connectivity index (χ2n) is 8.23. The minimum atomic E-state index is -0.269. The second kappa shape index (κ2) is 7.27. The van der Waals surface area contributed by atoms with Gasteiger partial charge in [-0.1, -0.05) is 29.8 Å². The fraction of sp³-hybridized carbons (Fsp3) is 0.192. The van der Waals surface area contributed by atoms with Gasteiger partial charge in [-0.15, -0.1) is 0 Å². The smallest absolute Gasteiger partial charge is 0.232 e. The van der Waals surface area contributed by atoms with Gasteiger partial charge in [-0.25, -0.2) is 0 Å². The van der Waals surface area contributed by atoms with Crippen LogP contribution in [0.15, 0.2) is 60.2 Å². The van der Waals surface area contributed by atoms with Gasteiger partial charge in [0.15, 0.2) is 11.5 Å². The molecule has 0 aromatic heterocycles. The lowest BCUT2D eigenvalue weighted by atomic mass is 9.80. The van der Waals surface area contributed by atoms with E-state index in [0.717, 1.165) is 31.5 Å². The third-order valence-electron chi connectivity index (χ3n) is 6.60. The molecular weight excluding hydrogens is 517 g/mol. The molecule has 0 saturated carbocycles. The number of nitrogens with one attached hydrogen (secondary N) is 1. The van der Waals surface area contributed by atoms with E-state index >= 15 is 0 Å². The van der Waals surface area contributed by atoms with Gasteiger partial charge in [-0.05, 0) is 87.7 Å². The number of amides is 1. The molecule has 6 heteroatoms. The lowest BCUT2D eigenvalue weighted by Gasteiger charge is -2.21. The Morgan fingerprint density at radius 3 is 2.72 bits per heavy atom. The molecule has 6 rings (SSSR count). The predicted molar refractivity (Wildman–Crippen MR) is 131 cm³/mol. The van der Waals surface area contributed by atoms with Crippen molar-refractivity contribution in [1.29, 1.82) is 0 Å². The van der Waals surface area contributed by atoms with Crippen LogP contribution in [0.1, 0.15) is 41.0 Å². The molecule has 1 amide bonds. The van der Waals surface area contributed by atoms with Crippen LogP contribution in [-0.2, 0) is 4.79 Å². The number of carbonyl (C=O) groups excluding carboxylic acids is 1. The Labute approximate surface area is 199 Å². The number of hydrogen-bond acceptors (Lipinski definition) is 4. The number of allylic oxidation sites excluding steroid dienone is 1. The zero-order chi connectivity index (χ0) is 22.0. The van der Waals surface area contributed by atoms with Crippen LogP contribution in [0.3, 0.4) is 0 Å². The standard InChI is InChI=1S/C26H20INO4/c1-13-22(14-9-20(30-2)25-21(10-14)31-12-32-25)16-5-3-4-6-17(16)23(13)24-18-11-15(27)7-8-19(18)28-26(24)29/h3-11,23-24H,12H2,1-2H3,(H,28,29). The SMILES string of the molecule is COc1cc(C2=C(C)C(C3C(=O)Nc4ccc(I)cc43)c3ccccc32)cc2c1OCO2. The van der Waals surface area contributed by atoms with Gasteiger partial charge >= 0.3 is 0 Å². The fourth-order valence-electron chi connectivity index (χ4n) is 5.27. The molecule has 3 aliphatic rings. The van der Waals surface area contributed by atoms with Crippen LogP contribution >= 0.6 is 22.6 Å². The zero-order valence-corrected chi connectivity index (χ0v) is 19.7. The molecule has 1 N–H and O–H groups in total. The average Bonchev–Trinajstić information content (AvgIpc) is 3.46. The van der Waals surface area contributed by atoms with E-state index < -0.39 is 0 Å². The molecule has 32 heavy (non-hydrogen) atoms. The maximum Gasteiger partial charge on any atom is 0.232 e. The molecule has 2 heterocycles. The van der Waals surface area contributed by atoms with Crippen LogP contribution in [0, 0.1) is 3.57 Å². The number of ether oxygens (including phenoxy) is 3. The van der Waals surface area contributed by atoms with Gasteiger partial charge in [0.25, 0.3) is 0 Å². The van der Waals surface area contributed by atoms with Crippen LogP contribution in [0.5, 0.6) is 17.2 Å². The van der Waals surface area contributed by atoms with E-state index in [1.807, 2.05) is 36.4 Å². The lowest BCUT2D eigenvalue weighted by molar-refractivity contribution is -0.117. The molecule has 0 fully saturated rings. The number of anilines is 1. The molecule has 0 spiro atoms. The second-order valence-corrected chi connectivity index (χ2v) is 9.48. The van der Waals surface area contributed by atoms with Crippen molar-refractivity contribution < 1.29 is 19.0 Å². The Hall–Kier alpha value is -3.00. The normalized spacial score (nSPS) is 20.3. The van der Waals surface area contributed by atoms with E-state index in [-0.39, 0.29) is 24.5 Å². The summed E-state index contributed by atoms with van der Waals surface area (Å²) < 4.78 is 18.0. The zero-order valence-electron chi connectivity index (χ0n) is 17.6. The number of rotatable bonds is 3. The summed E-state index contributed by atoms with van der Waals surface area (Å²) in [6, 6.07) is 18.5. The van der Waals surface area contributed by atoms with Gasteiger partial charge < -0.3 is 19.5 Å². The maximum atomic E-state index is 13.2. The number of carbonyl (C=O) groups is 1. The van der Waals surface area contributed by atoms with Crippen LogP contribution in [-0.4, -0.2) is 19.8 Å². The number of benzene rings is 3. The van der Waals surface area contributed by atoms with Gasteiger partial charge in [0.2, 0.25) is 18.4 Å². The lowest BCUT2D eigenvalue weighted by Crippen LogP contribution is -2.19. The van der Waals surface area contributed by atoms with Crippen molar-refractivity contribution in [3.05, 3.63) is 86.0 Å². The van der Waals surface area contributed by atoms with Crippen LogP contribution in [0.2, 0.25) is 0 Å². The third kappa shape index (κ3) is 2.78. The molecule has 0 saturated heterocycles. The largest absolute Gasteiger partial charge is 0.493 e. The van der Waals surface area contributed by atoms with E-state index in [1.165, 1.54) is 11.1 Å². The van der Waals surface area contributed by atoms with Crippen molar-refractivity contribution in [2.75, 3.05) is 19.2 Å². The Morgan fingerprint density at radius 1 is 1.03 bits per heavy atom. The van der Waals surface area contributed by atoms with Crippen LogP contribution in [0.25, 0.3) is 5.57 Å². The summed E-state index contributed by atoms with van der Waals surface area (Å²) in [6.07, 6.45) is 0. The first-order valence-corrected chi connectivity index (χ1v) is 11.5. The minimum absolute atomic E-state index is 0.0444. The summed E-state index contributed by atoms with van der Waals surface area (Å²) in [5, 5.41) is 3.09. The Bertz CT molecular complexity index is 1330. The molecular formula is C26H20INO4. The molecule has 2 atom stereocenters. The Morgan fingerprint density at radius 2 is 1.88 bits per heavy atom. The summed E-state index contributed by atoms with van der Waals surface area (Å²) in [7, 11) is 1.63. The van der Waals surface area contributed by atoms with Gasteiger partial charge in [0, 0.05) is 15.2 Å². The van der Waals surface area contributed by atoms with Crippen LogP contribution < -0.4 is 19.5 Å². The van der Waals surface area contributed by atoms with Gasteiger partial charge in [0.1, 0.15) is 0 Å². The average molecular weight is 537 g/mol. The first-order valence-electron chi connectivity index (χ1n) is 10.4. The summed E-state index contributed by atoms with van der Waals surface area (Å²) in [4.78, 5) is 13.2. The van der Waals surface area contributed by atoms with Crippen molar-refractivity contribution in [3.8, 4) is 17.2 Å². The van der Waals surface area contributed by atoms with Crippen molar-refractivity contribution in [2.45, 2.75) is 18.8 Å². The molecule has 3 aromatic rings. The molecule has 160 valence electrons. The first kappa shape index (κ1) is 19.7. The number of hydrogen-bond donors (Lipinski definition) is 1. The van der Waals surface area contributed by atoms with Crippen LogP contribution in [0.4, 0.5) is 5.69 Å². The minimum Gasteiger partial charge on any atom is -0.493 e. The van der Waals surface area contributed by atoms with Crippen molar-refractivity contribution in [1.82, 2.24) is 0 Å². The quantitative estimate of drug-likeness (QED) is 0.437. The van der Waals surface area contributed by atoms with Gasteiger partial charge in [-0.3, -0.25) is 4.79 Å². The molecule has 1 aliphatic carbocycles. The highest BCUT2D eigenvalue weighted by Gasteiger charge is 2.43.